The van der Waals surface area contributed by atoms with Gasteiger partial charge in [-0.25, -0.2) is 0 Å². The molecule has 2 aromatic heterocycles. The Hall–Kier alpha value is -6.98. The molecule has 0 radical (unpaired) electrons. The smallest absolute Gasteiger partial charge is 0.260 e. The summed E-state index contributed by atoms with van der Waals surface area (Å²) in [7, 11) is 0. The molecule has 0 N–H and O–H groups in total. The SMILES string of the molecule is Cc1ccc2c(c1)c1cc(C)ccc1n2-c1ccc2c(c1)B1c3cc(-n4c5ccc(C)cc5c5cc(C)ccc54)ccc3Oc3cc(-c4ccccc4)cc(c31)O2. The van der Waals surface area contributed by atoms with Crippen molar-refractivity contribution in [3.8, 4) is 45.5 Å². The first-order valence-corrected chi connectivity index (χ1v) is 19.8. The van der Waals surface area contributed by atoms with Crippen molar-refractivity contribution < 1.29 is 9.47 Å². The maximum absolute atomic E-state index is 6.93. The summed E-state index contributed by atoms with van der Waals surface area (Å²) in [6.45, 7) is 8.56. The number of hydrogen-bond donors (Lipinski definition) is 0. The predicted octanol–water partition coefficient (Wildman–Crippen LogP) is 11.5. The molecule has 57 heavy (non-hydrogen) atoms. The average Bonchev–Trinajstić information content (AvgIpc) is 3.71. The van der Waals surface area contributed by atoms with Gasteiger partial charge in [-0.1, -0.05) is 76.9 Å². The molecule has 0 bridgehead atoms. The molecule has 270 valence electrons. The number of rotatable bonds is 3. The summed E-state index contributed by atoms with van der Waals surface area (Å²) in [5.74, 6) is 3.39. The van der Waals surface area contributed by atoms with Crippen LogP contribution in [0.4, 0.5) is 0 Å². The summed E-state index contributed by atoms with van der Waals surface area (Å²) >= 11 is 0. The lowest BCUT2D eigenvalue weighted by Crippen LogP contribution is -2.57. The number of nitrogens with zero attached hydrogens (tertiary/aromatic N) is 2. The van der Waals surface area contributed by atoms with Gasteiger partial charge in [-0.15, -0.1) is 0 Å². The number of benzene rings is 8. The van der Waals surface area contributed by atoms with Crippen LogP contribution in [-0.2, 0) is 0 Å². The van der Waals surface area contributed by atoms with E-state index >= 15 is 0 Å². The normalized spacial score (nSPS) is 12.8. The van der Waals surface area contributed by atoms with Crippen LogP contribution in [0, 0.1) is 27.7 Å². The predicted molar refractivity (Wildman–Crippen MR) is 237 cm³/mol. The van der Waals surface area contributed by atoms with Gasteiger partial charge in [-0.05, 0) is 147 Å². The van der Waals surface area contributed by atoms with Crippen LogP contribution in [0.5, 0.6) is 23.0 Å². The number of fused-ring (bicyclic) bond motifs is 10. The van der Waals surface area contributed by atoms with E-state index in [0.29, 0.717) is 0 Å². The van der Waals surface area contributed by atoms with Crippen molar-refractivity contribution in [1.29, 1.82) is 0 Å². The van der Waals surface area contributed by atoms with E-state index in [4.69, 9.17) is 9.47 Å². The molecule has 0 spiro atoms. The van der Waals surface area contributed by atoms with Crippen molar-refractivity contribution in [2.24, 2.45) is 0 Å². The monoisotopic (exact) mass is 732 g/mol. The van der Waals surface area contributed by atoms with Gasteiger partial charge in [0.1, 0.15) is 23.0 Å². The zero-order valence-corrected chi connectivity index (χ0v) is 32.2. The number of aromatic nitrogens is 2. The zero-order valence-electron chi connectivity index (χ0n) is 32.2. The molecule has 0 unspecified atom stereocenters. The lowest BCUT2D eigenvalue weighted by Gasteiger charge is -2.34. The maximum Gasteiger partial charge on any atom is 0.260 e. The molecule has 0 aliphatic carbocycles. The average molecular weight is 733 g/mol. The maximum atomic E-state index is 6.93. The molecule has 0 fully saturated rings. The fraction of sp³-hybridized carbons (Fsp3) is 0.0769. The van der Waals surface area contributed by atoms with Crippen molar-refractivity contribution >= 4 is 66.7 Å². The summed E-state index contributed by atoms with van der Waals surface area (Å²) in [6.07, 6.45) is 0. The van der Waals surface area contributed by atoms with E-state index in [1.807, 2.05) is 0 Å². The van der Waals surface area contributed by atoms with Crippen molar-refractivity contribution in [3.63, 3.8) is 0 Å². The lowest BCUT2D eigenvalue weighted by molar-refractivity contribution is 0.465. The van der Waals surface area contributed by atoms with Crippen LogP contribution >= 0.6 is 0 Å². The minimum absolute atomic E-state index is 0.123. The fourth-order valence-electron chi connectivity index (χ4n) is 9.61. The van der Waals surface area contributed by atoms with Gasteiger partial charge in [0.15, 0.2) is 0 Å². The summed E-state index contributed by atoms with van der Waals surface area (Å²) in [5, 5.41) is 5.06. The molecule has 4 nitrogen and oxygen atoms in total. The zero-order chi connectivity index (χ0) is 38.1. The molecule has 2 aliphatic rings. The topological polar surface area (TPSA) is 28.3 Å². The molecule has 10 aromatic rings. The van der Waals surface area contributed by atoms with Gasteiger partial charge in [-0.3, -0.25) is 0 Å². The summed E-state index contributed by atoms with van der Waals surface area (Å²) in [4.78, 5) is 0. The summed E-state index contributed by atoms with van der Waals surface area (Å²) in [5.41, 5.74) is 17.5. The van der Waals surface area contributed by atoms with Crippen LogP contribution in [0.2, 0.25) is 0 Å². The van der Waals surface area contributed by atoms with Gasteiger partial charge in [0, 0.05) is 38.4 Å². The molecular weight excluding hydrogens is 695 g/mol. The molecule has 12 rings (SSSR count). The third-order valence-corrected chi connectivity index (χ3v) is 12.2. The molecule has 0 saturated carbocycles. The number of ether oxygens (including phenoxy) is 2. The quantitative estimate of drug-likeness (QED) is 0.169. The van der Waals surface area contributed by atoms with E-state index in [2.05, 4.69) is 188 Å². The highest BCUT2D eigenvalue weighted by atomic mass is 16.5. The van der Waals surface area contributed by atoms with Crippen molar-refractivity contribution in [3.05, 3.63) is 174 Å². The highest BCUT2D eigenvalue weighted by molar-refractivity contribution is 6.98. The van der Waals surface area contributed by atoms with Crippen molar-refractivity contribution in [2.75, 3.05) is 0 Å². The van der Waals surface area contributed by atoms with Gasteiger partial charge >= 0.3 is 0 Å². The summed E-state index contributed by atoms with van der Waals surface area (Å²) < 4.78 is 18.7. The van der Waals surface area contributed by atoms with Crippen LogP contribution < -0.4 is 25.9 Å². The molecule has 5 heteroatoms. The lowest BCUT2D eigenvalue weighted by atomic mass is 9.34. The van der Waals surface area contributed by atoms with E-state index in [9.17, 15) is 0 Å². The Bertz CT molecular complexity index is 3040. The Morgan fingerprint density at radius 3 is 1.18 bits per heavy atom. The third kappa shape index (κ3) is 4.75. The van der Waals surface area contributed by atoms with E-state index in [0.717, 1.165) is 61.9 Å². The second-order valence-electron chi connectivity index (χ2n) is 16.1. The fourth-order valence-corrected chi connectivity index (χ4v) is 9.61. The first-order valence-electron chi connectivity index (χ1n) is 19.8. The van der Waals surface area contributed by atoms with Crippen molar-refractivity contribution in [1.82, 2.24) is 9.13 Å². The van der Waals surface area contributed by atoms with Gasteiger partial charge in [0.25, 0.3) is 6.71 Å². The highest BCUT2D eigenvalue weighted by Gasteiger charge is 2.41. The highest BCUT2D eigenvalue weighted by Crippen LogP contribution is 2.41. The standard InChI is InChI=1S/C52H37BN2O2/c1-30-10-16-44-38(22-30)39-23-31(2)11-17-45(39)54(44)36-14-20-48-42(28-36)53-43-29-37(55-46-18-12-32(3)24-40(46)41-25-33(4)13-19-47(41)55)15-21-49(43)57-51-27-35(26-50(56-48)52(51)53)34-8-6-5-7-9-34/h5-29H,1-4H3. The molecule has 4 heterocycles. The minimum Gasteiger partial charge on any atom is -0.458 e. The molecule has 2 aliphatic heterocycles. The van der Waals surface area contributed by atoms with E-state index in [1.54, 1.807) is 0 Å². The summed E-state index contributed by atoms with van der Waals surface area (Å²) in [6, 6.07) is 55.5. The van der Waals surface area contributed by atoms with Crippen LogP contribution in [0.1, 0.15) is 22.3 Å². The second kappa shape index (κ2) is 11.8. The van der Waals surface area contributed by atoms with Crippen LogP contribution in [0.25, 0.3) is 66.1 Å². The third-order valence-electron chi connectivity index (χ3n) is 12.2. The molecule has 0 amide bonds. The first-order chi connectivity index (χ1) is 27.9. The largest absolute Gasteiger partial charge is 0.458 e. The molecular formula is C52H37BN2O2. The van der Waals surface area contributed by atoms with Gasteiger partial charge in [0.2, 0.25) is 0 Å². The molecule has 0 atom stereocenters. The minimum atomic E-state index is -0.123. The second-order valence-corrected chi connectivity index (χ2v) is 16.1. The van der Waals surface area contributed by atoms with E-state index < -0.39 is 0 Å². The van der Waals surface area contributed by atoms with Gasteiger partial charge in [-0.2, -0.15) is 0 Å². The van der Waals surface area contributed by atoms with E-state index in [1.165, 1.54) is 65.9 Å². The van der Waals surface area contributed by atoms with Crippen LogP contribution in [0.15, 0.2) is 152 Å². The van der Waals surface area contributed by atoms with Gasteiger partial charge < -0.3 is 18.6 Å². The molecule has 0 saturated heterocycles. The Kier molecular flexibility index (Phi) is 6.67. The van der Waals surface area contributed by atoms with Crippen molar-refractivity contribution in [2.45, 2.75) is 27.7 Å². The Morgan fingerprint density at radius 2 is 0.772 bits per heavy atom. The number of aryl methyl sites for hydroxylation is 4. The van der Waals surface area contributed by atoms with E-state index in [-0.39, 0.29) is 6.71 Å². The number of hydrogen-bond acceptors (Lipinski definition) is 2. The van der Waals surface area contributed by atoms with Crippen LogP contribution in [0.3, 0.4) is 0 Å². The Labute approximate surface area is 331 Å². The first kappa shape index (κ1) is 32.3. The van der Waals surface area contributed by atoms with Gasteiger partial charge in [0.05, 0.1) is 22.1 Å². The Balaban J connectivity index is 1.11. The Morgan fingerprint density at radius 1 is 0.368 bits per heavy atom. The molecule has 8 aromatic carbocycles. The van der Waals surface area contributed by atoms with Crippen LogP contribution in [-0.4, -0.2) is 15.8 Å².